The van der Waals surface area contributed by atoms with Crippen molar-refractivity contribution in [3.63, 3.8) is 0 Å². The van der Waals surface area contributed by atoms with Crippen molar-refractivity contribution in [2.45, 2.75) is 65.3 Å². The van der Waals surface area contributed by atoms with E-state index in [0.717, 1.165) is 6.54 Å². The Kier molecular flexibility index (Phi) is 5.40. The Labute approximate surface area is 113 Å². The molecule has 1 unspecified atom stereocenters. The van der Waals surface area contributed by atoms with Crippen LogP contribution < -0.4 is 5.32 Å². The first-order valence-corrected chi connectivity index (χ1v) is 7.14. The van der Waals surface area contributed by atoms with Crippen LogP contribution in [0.5, 0.6) is 0 Å². The lowest BCUT2D eigenvalue weighted by Crippen LogP contribution is -2.36. The molecule has 1 nitrogen and oxygen atoms in total. The quantitative estimate of drug-likeness (QED) is 0.796. The molecule has 1 N–H and O–H groups in total. The van der Waals surface area contributed by atoms with Gasteiger partial charge in [0, 0.05) is 5.54 Å². The number of nitrogens with one attached hydrogen (secondary N) is 1. The van der Waals surface area contributed by atoms with Crippen LogP contribution in [0.4, 0.5) is 0 Å². The average molecular weight is 247 g/mol. The minimum absolute atomic E-state index is 0.223. The van der Waals surface area contributed by atoms with Crippen LogP contribution >= 0.6 is 0 Å². The van der Waals surface area contributed by atoms with Crippen LogP contribution in [0.25, 0.3) is 0 Å². The molecule has 0 fully saturated rings. The molecule has 0 amide bonds. The van der Waals surface area contributed by atoms with Crippen molar-refractivity contribution in [3.8, 4) is 0 Å². The largest absolute Gasteiger partial charge is 0.312 e. The number of rotatable bonds is 5. The molecule has 102 valence electrons. The summed E-state index contributed by atoms with van der Waals surface area (Å²) in [6, 6.07) is 9.12. The smallest absolute Gasteiger partial charge is 0.00965 e. The van der Waals surface area contributed by atoms with Gasteiger partial charge in [-0.2, -0.15) is 0 Å². The van der Waals surface area contributed by atoms with Gasteiger partial charge in [0.1, 0.15) is 0 Å². The molecule has 0 aromatic heterocycles. The molecule has 0 spiro atoms. The van der Waals surface area contributed by atoms with E-state index in [9.17, 15) is 0 Å². The summed E-state index contributed by atoms with van der Waals surface area (Å²) in [5, 5.41) is 3.55. The monoisotopic (exact) mass is 247 g/mol. The van der Waals surface area contributed by atoms with E-state index in [1.807, 2.05) is 0 Å². The Morgan fingerprint density at radius 2 is 1.44 bits per heavy atom. The van der Waals surface area contributed by atoms with E-state index in [1.165, 1.54) is 17.5 Å². The second-order valence-electron chi connectivity index (χ2n) is 6.69. The summed E-state index contributed by atoms with van der Waals surface area (Å²) in [6.07, 6.45) is 1.19. The zero-order valence-electron chi connectivity index (χ0n) is 12.9. The van der Waals surface area contributed by atoms with E-state index in [4.69, 9.17) is 0 Å². The van der Waals surface area contributed by atoms with Crippen molar-refractivity contribution < 1.29 is 0 Å². The molecule has 18 heavy (non-hydrogen) atoms. The van der Waals surface area contributed by atoms with E-state index >= 15 is 0 Å². The van der Waals surface area contributed by atoms with E-state index in [2.05, 4.69) is 71.1 Å². The van der Waals surface area contributed by atoms with Crippen LogP contribution in [0, 0.1) is 0 Å². The molecule has 0 aliphatic heterocycles. The van der Waals surface area contributed by atoms with Gasteiger partial charge in [0.25, 0.3) is 0 Å². The fourth-order valence-electron chi connectivity index (χ4n) is 2.04. The first-order chi connectivity index (χ1) is 8.29. The third kappa shape index (κ3) is 5.22. The van der Waals surface area contributed by atoms with Crippen molar-refractivity contribution in [1.29, 1.82) is 0 Å². The molecule has 1 rings (SSSR count). The van der Waals surface area contributed by atoms with Crippen LogP contribution in [0.3, 0.4) is 0 Å². The zero-order chi connectivity index (χ0) is 13.8. The maximum Gasteiger partial charge on any atom is 0.00965 e. The minimum atomic E-state index is 0.223. The maximum atomic E-state index is 3.55. The Morgan fingerprint density at radius 1 is 0.944 bits per heavy atom. The van der Waals surface area contributed by atoms with Gasteiger partial charge in [-0.1, -0.05) is 45.0 Å². The number of benzene rings is 1. The SMILES string of the molecule is CC(C)c1ccc(C(C)CCNC(C)(C)C)cc1. The molecule has 1 heteroatoms. The van der Waals surface area contributed by atoms with Crippen LogP contribution in [0.1, 0.15) is 70.9 Å². The third-order valence-corrected chi connectivity index (χ3v) is 3.40. The Morgan fingerprint density at radius 3 is 1.89 bits per heavy atom. The van der Waals surface area contributed by atoms with Gasteiger partial charge in [0.2, 0.25) is 0 Å². The first kappa shape index (κ1) is 15.2. The van der Waals surface area contributed by atoms with Crippen molar-refractivity contribution in [2.24, 2.45) is 0 Å². The number of hydrogen-bond donors (Lipinski definition) is 1. The van der Waals surface area contributed by atoms with Gasteiger partial charge in [-0.25, -0.2) is 0 Å². The molecule has 0 saturated heterocycles. The Hall–Kier alpha value is -0.820. The van der Waals surface area contributed by atoms with Gasteiger partial charge in [0.05, 0.1) is 0 Å². The normalized spacial score (nSPS) is 13.9. The lowest BCUT2D eigenvalue weighted by atomic mass is 9.94. The van der Waals surface area contributed by atoms with Gasteiger partial charge in [-0.15, -0.1) is 0 Å². The lowest BCUT2D eigenvalue weighted by molar-refractivity contribution is 0.413. The highest BCUT2D eigenvalue weighted by molar-refractivity contribution is 5.26. The lowest BCUT2D eigenvalue weighted by Gasteiger charge is -2.22. The zero-order valence-corrected chi connectivity index (χ0v) is 12.9. The van der Waals surface area contributed by atoms with Crippen LogP contribution in [-0.4, -0.2) is 12.1 Å². The van der Waals surface area contributed by atoms with Crippen LogP contribution in [0.15, 0.2) is 24.3 Å². The molecular weight excluding hydrogens is 218 g/mol. The summed E-state index contributed by atoms with van der Waals surface area (Å²) in [6.45, 7) is 14.5. The molecule has 0 aliphatic rings. The van der Waals surface area contributed by atoms with Gasteiger partial charge >= 0.3 is 0 Å². The molecule has 1 aromatic rings. The predicted octanol–water partition coefficient (Wildman–Crippen LogP) is 4.69. The van der Waals surface area contributed by atoms with Crippen molar-refractivity contribution in [1.82, 2.24) is 5.32 Å². The molecule has 0 aliphatic carbocycles. The van der Waals surface area contributed by atoms with Crippen molar-refractivity contribution in [2.75, 3.05) is 6.54 Å². The molecular formula is C17H29N. The predicted molar refractivity (Wildman–Crippen MR) is 81.3 cm³/mol. The Bertz CT molecular complexity index is 343. The molecule has 1 aromatic carbocycles. The van der Waals surface area contributed by atoms with Crippen LogP contribution in [0.2, 0.25) is 0 Å². The van der Waals surface area contributed by atoms with Crippen molar-refractivity contribution in [3.05, 3.63) is 35.4 Å². The summed E-state index contributed by atoms with van der Waals surface area (Å²) in [7, 11) is 0. The fraction of sp³-hybridized carbons (Fsp3) is 0.647. The summed E-state index contributed by atoms with van der Waals surface area (Å²) in [4.78, 5) is 0. The van der Waals surface area contributed by atoms with Gasteiger partial charge in [0.15, 0.2) is 0 Å². The second kappa shape index (κ2) is 6.38. The fourth-order valence-corrected chi connectivity index (χ4v) is 2.04. The number of hydrogen-bond acceptors (Lipinski definition) is 1. The average Bonchev–Trinajstić information content (AvgIpc) is 2.27. The van der Waals surface area contributed by atoms with E-state index < -0.39 is 0 Å². The first-order valence-electron chi connectivity index (χ1n) is 7.14. The minimum Gasteiger partial charge on any atom is -0.312 e. The van der Waals surface area contributed by atoms with E-state index in [0.29, 0.717) is 11.8 Å². The highest BCUT2D eigenvalue weighted by Crippen LogP contribution is 2.22. The standard InChI is InChI=1S/C17H29N/c1-13(2)15-7-9-16(10-8-15)14(3)11-12-18-17(4,5)6/h7-10,13-14,18H,11-12H2,1-6H3. The topological polar surface area (TPSA) is 12.0 Å². The highest BCUT2D eigenvalue weighted by atomic mass is 14.9. The maximum absolute atomic E-state index is 3.55. The highest BCUT2D eigenvalue weighted by Gasteiger charge is 2.10. The molecule has 0 bridgehead atoms. The van der Waals surface area contributed by atoms with Gasteiger partial charge in [-0.3, -0.25) is 0 Å². The van der Waals surface area contributed by atoms with E-state index in [-0.39, 0.29) is 5.54 Å². The third-order valence-electron chi connectivity index (χ3n) is 3.40. The molecule has 0 heterocycles. The van der Waals surface area contributed by atoms with Crippen LogP contribution in [-0.2, 0) is 0 Å². The van der Waals surface area contributed by atoms with Gasteiger partial charge < -0.3 is 5.32 Å². The van der Waals surface area contributed by atoms with E-state index in [1.54, 1.807) is 0 Å². The summed E-state index contributed by atoms with van der Waals surface area (Å²) in [5.74, 6) is 1.25. The van der Waals surface area contributed by atoms with Crippen molar-refractivity contribution >= 4 is 0 Å². The molecule has 0 radical (unpaired) electrons. The molecule has 0 saturated carbocycles. The summed E-state index contributed by atoms with van der Waals surface area (Å²) < 4.78 is 0. The second-order valence-corrected chi connectivity index (χ2v) is 6.69. The Balaban J connectivity index is 2.49. The molecule has 1 atom stereocenters. The summed E-state index contributed by atoms with van der Waals surface area (Å²) >= 11 is 0. The van der Waals surface area contributed by atoms with Gasteiger partial charge in [-0.05, 0) is 56.7 Å². The summed E-state index contributed by atoms with van der Waals surface area (Å²) in [5.41, 5.74) is 3.11.